The lowest BCUT2D eigenvalue weighted by atomic mass is 10.1. The first-order valence-electron chi connectivity index (χ1n) is 5.90. The minimum atomic E-state index is -0.378. The van der Waals surface area contributed by atoms with Crippen LogP contribution in [0.1, 0.15) is 30.1 Å². The summed E-state index contributed by atoms with van der Waals surface area (Å²) in [7, 11) is 0. The first-order chi connectivity index (χ1) is 8.65. The van der Waals surface area contributed by atoms with E-state index in [1.54, 1.807) is 6.20 Å². The summed E-state index contributed by atoms with van der Waals surface area (Å²) in [5.41, 5.74) is 7.99. The number of rotatable bonds is 2. The van der Waals surface area contributed by atoms with Gasteiger partial charge in [-0.3, -0.25) is 4.98 Å². The fourth-order valence-corrected chi connectivity index (χ4v) is 1.90. The summed E-state index contributed by atoms with van der Waals surface area (Å²) < 4.78 is 13.2. The second-order valence-corrected chi connectivity index (χ2v) is 4.61. The third kappa shape index (κ3) is 1.92. The highest BCUT2D eigenvalue weighted by molar-refractivity contribution is 5.66. The molecule has 0 spiro atoms. The van der Waals surface area contributed by atoms with Gasteiger partial charge in [0, 0.05) is 23.2 Å². The molecule has 2 aromatic heterocycles. The van der Waals surface area contributed by atoms with Gasteiger partial charge < -0.3 is 5.73 Å². The molecule has 4 nitrogen and oxygen atoms in total. The molecule has 0 aromatic carbocycles. The fourth-order valence-electron chi connectivity index (χ4n) is 1.90. The Labute approximate surface area is 104 Å². The van der Waals surface area contributed by atoms with Gasteiger partial charge in [-0.25, -0.2) is 14.4 Å². The molecule has 2 heterocycles. The number of pyridine rings is 1. The molecule has 0 bridgehead atoms. The molecule has 1 aliphatic carbocycles. The zero-order valence-corrected chi connectivity index (χ0v) is 10.0. The first-order valence-corrected chi connectivity index (χ1v) is 5.90. The van der Waals surface area contributed by atoms with Crippen molar-refractivity contribution >= 4 is 5.82 Å². The summed E-state index contributed by atoms with van der Waals surface area (Å²) in [4.78, 5) is 12.6. The van der Waals surface area contributed by atoms with Crippen molar-refractivity contribution in [2.75, 3.05) is 5.73 Å². The average molecular weight is 244 g/mol. The summed E-state index contributed by atoms with van der Waals surface area (Å²) in [6, 6.07) is 1.42. The van der Waals surface area contributed by atoms with Crippen LogP contribution in [0.25, 0.3) is 11.3 Å². The van der Waals surface area contributed by atoms with Crippen LogP contribution in [0.3, 0.4) is 0 Å². The molecule has 1 fully saturated rings. The van der Waals surface area contributed by atoms with Crippen molar-refractivity contribution in [3.63, 3.8) is 0 Å². The number of halogens is 1. The summed E-state index contributed by atoms with van der Waals surface area (Å²) >= 11 is 0. The van der Waals surface area contributed by atoms with Crippen LogP contribution in [0.4, 0.5) is 10.2 Å². The zero-order chi connectivity index (χ0) is 12.7. The van der Waals surface area contributed by atoms with E-state index in [1.165, 1.54) is 12.3 Å². The molecule has 92 valence electrons. The number of nitrogen functional groups attached to an aromatic ring is 1. The molecule has 0 saturated heterocycles. The van der Waals surface area contributed by atoms with Gasteiger partial charge in [-0.15, -0.1) is 0 Å². The SMILES string of the molecule is Cc1c(N)nc(C2CC2)nc1-c1cncc(F)c1. The monoisotopic (exact) mass is 244 g/mol. The van der Waals surface area contributed by atoms with E-state index in [0.717, 1.165) is 24.2 Å². The number of hydrogen-bond acceptors (Lipinski definition) is 4. The maximum atomic E-state index is 13.2. The molecule has 2 N–H and O–H groups in total. The molecule has 2 aromatic rings. The van der Waals surface area contributed by atoms with Crippen LogP contribution in [0.5, 0.6) is 0 Å². The Balaban J connectivity index is 2.15. The molecule has 1 aliphatic rings. The van der Waals surface area contributed by atoms with Crippen molar-refractivity contribution in [2.45, 2.75) is 25.7 Å². The Bertz CT molecular complexity index is 608. The molecular weight excluding hydrogens is 231 g/mol. The highest BCUT2D eigenvalue weighted by Gasteiger charge is 2.28. The largest absolute Gasteiger partial charge is 0.383 e. The van der Waals surface area contributed by atoms with Crippen LogP contribution in [0, 0.1) is 12.7 Å². The van der Waals surface area contributed by atoms with Gasteiger partial charge in [0.1, 0.15) is 17.5 Å². The van der Waals surface area contributed by atoms with Crippen molar-refractivity contribution in [2.24, 2.45) is 0 Å². The van der Waals surface area contributed by atoms with Crippen molar-refractivity contribution in [1.82, 2.24) is 15.0 Å². The highest BCUT2D eigenvalue weighted by atomic mass is 19.1. The summed E-state index contributed by atoms with van der Waals surface area (Å²) in [6.07, 6.45) is 4.96. The number of aromatic nitrogens is 3. The minimum Gasteiger partial charge on any atom is -0.383 e. The topological polar surface area (TPSA) is 64.7 Å². The van der Waals surface area contributed by atoms with Crippen LogP contribution in [-0.4, -0.2) is 15.0 Å². The Hall–Kier alpha value is -2.04. The third-order valence-electron chi connectivity index (χ3n) is 3.12. The second-order valence-electron chi connectivity index (χ2n) is 4.61. The second kappa shape index (κ2) is 4.01. The smallest absolute Gasteiger partial charge is 0.142 e. The van der Waals surface area contributed by atoms with E-state index in [2.05, 4.69) is 15.0 Å². The van der Waals surface area contributed by atoms with Crippen LogP contribution < -0.4 is 5.73 Å². The van der Waals surface area contributed by atoms with Gasteiger partial charge >= 0.3 is 0 Å². The highest BCUT2D eigenvalue weighted by Crippen LogP contribution is 2.39. The molecule has 0 aliphatic heterocycles. The van der Waals surface area contributed by atoms with Gasteiger partial charge in [0.15, 0.2) is 0 Å². The Morgan fingerprint density at radius 3 is 2.72 bits per heavy atom. The summed E-state index contributed by atoms with van der Waals surface area (Å²) in [6.45, 7) is 1.84. The zero-order valence-electron chi connectivity index (χ0n) is 10.0. The lowest BCUT2D eigenvalue weighted by Gasteiger charge is -2.09. The normalized spacial score (nSPS) is 14.8. The summed E-state index contributed by atoms with van der Waals surface area (Å²) in [5, 5.41) is 0. The van der Waals surface area contributed by atoms with Gasteiger partial charge in [-0.05, 0) is 25.8 Å². The molecule has 0 unspecified atom stereocenters. The lowest BCUT2D eigenvalue weighted by Crippen LogP contribution is -2.04. The van der Waals surface area contributed by atoms with E-state index in [9.17, 15) is 4.39 Å². The fraction of sp³-hybridized carbons (Fsp3) is 0.308. The van der Waals surface area contributed by atoms with Crippen molar-refractivity contribution in [3.05, 3.63) is 35.7 Å². The van der Waals surface area contributed by atoms with Gasteiger partial charge in [0.05, 0.1) is 11.9 Å². The maximum absolute atomic E-state index is 13.2. The van der Waals surface area contributed by atoms with E-state index in [0.29, 0.717) is 23.0 Å². The van der Waals surface area contributed by atoms with E-state index in [1.807, 2.05) is 6.92 Å². The standard InChI is InChI=1S/C13H13FN4/c1-7-11(9-4-10(14)6-16-5-9)17-13(8-2-3-8)18-12(7)15/h4-6,8H,2-3H2,1H3,(H2,15,17,18). The van der Waals surface area contributed by atoms with Crippen molar-refractivity contribution in [3.8, 4) is 11.3 Å². The lowest BCUT2D eigenvalue weighted by molar-refractivity contribution is 0.622. The molecule has 0 radical (unpaired) electrons. The van der Waals surface area contributed by atoms with Gasteiger partial charge in [-0.1, -0.05) is 0 Å². The van der Waals surface area contributed by atoms with Crippen LogP contribution in [-0.2, 0) is 0 Å². The van der Waals surface area contributed by atoms with Crippen LogP contribution >= 0.6 is 0 Å². The van der Waals surface area contributed by atoms with E-state index < -0.39 is 0 Å². The number of anilines is 1. The Morgan fingerprint density at radius 1 is 1.28 bits per heavy atom. The minimum absolute atomic E-state index is 0.378. The molecule has 0 amide bonds. The van der Waals surface area contributed by atoms with Gasteiger partial charge in [0.2, 0.25) is 0 Å². The van der Waals surface area contributed by atoms with Crippen molar-refractivity contribution < 1.29 is 4.39 Å². The van der Waals surface area contributed by atoms with E-state index in [4.69, 9.17) is 5.73 Å². The van der Waals surface area contributed by atoms with Gasteiger partial charge in [0.25, 0.3) is 0 Å². The van der Waals surface area contributed by atoms with Gasteiger partial charge in [-0.2, -0.15) is 0 Å². The number of hydrogen-bond donors (Lipinski definition) is 1. The third-order valence-corrected chi connectivity index (χ3v) is 3.12. The Morgan fingerprint density at radius 2 is 2.06 bits per heavy atom. The van der Waals surface area contributed by atoms with E-state index >= 15 is 0 Å². The molecular formula is C13H13FN4. The number of nitrogens with two attached hydrogens (primary N) is 1. The maximum Gasteiger partial charge on any atom is 0.142 e. The first kappa shape index (κ1) is 11.1. The quantitative estimate of drug-likeness (QED) is 0.881. The molecule has 3 rings (SSSR count). The average Bonchev–Trinajstić information content (AvgIpc) is 3.16. The van der Waals surface area contributed by atoms with Crippen molar-refractivity contribution in [1.29, 1.82) is 0 Å². The Kier molecular flexibility index (Phi) is 2.47. The van der Waals surface area contributed by atoms with Crippen LogP contribution in [0.15, 0.2) is 18.5 Å². The molecule has 0 atom stereocenters. The molecule has 1 saturated carbocycles. The predicted molar refractivity (Wildman–Crippen MR) is 66.3 cm³/mol. The summed E-state index contributed by atoms with van der Waals surface area (Å²) in [5.74, 6) is 1.26. The number of nitrogens with zero attached hydrogens (tertiary/aromatic N) is 3. The van der Waals surface area contributed by atoms with E-state index in [-0.39, 0.29) is 5.82 Å². The predicted octanol–water partition coefficient (Wildman–Crippen LogP) is 2.45. The van der Waals surface area contributed by atoms with Crippen LogP contribution in [0.2, 0.25) is 0 Å². The molecule has 18 heavy (non-hydrogen) atoms. The molecule has 5 heteroatoms.